The Morgan fingerprint density at radius 1 is 0.487 bits per heavy atom. The molecule has 3 heterocycles. The lowest BCUT2D eigenvalue weighted by atomic mass is 10.1. The van der Waals surface area contributed by atoms with E-state index in [1.165, 1.54) is 58.1 Å². The lowest BCUT2D eigenvalue weighted by Gasteiger charge is -2.24. The standard InChI is InChI=1S/C24H26FN3O4.C19H22FN3O2.C16H18FNO3.C9H13NO2.C8H10N2O2.C7H5FO2.C4H7Br/c1-27-20(12-19(26-27)15-7-8-15)24(30)28(14-17-5-4-6-21(29)23(17)25)13-16-9-10-18(31-2)11-22(16)32-3;1-23-16(9-15(22-23)13-7-8-13)19(24)21-10-14-3-2-4-17(18(14)20)25-11-12-5-6-12;1-20-13-7-6-11(15(8-13)21-2)9-18-10-12-4-3-5-14(19)16(12)17;1-11-8-4-3-7(6-10)9(5-8)12-2;1-10-7(8(11)12)4-6(9-10)5-2-3-5;8-7-5(4-9)2-1-3-6(7)10;5-3-4-1-2-4/h4-6,9-12,15,29H,7-8,13-14H2,1-3H3;2-4,9,12-13H,5-8,10-11H2,1H3,(H,21,24);3-8,18-19H,9-10H2,1-2H3;3-5H,6,10H2,1-2H3;4-5H,2-3H2,1H3,(H,11,12);1-4,10H;4H,1-3H2. The molecule has 25 nitrogen and oxygen atoms in total. The zero-order chi connectivity index (χ0) is 84.4. The molecule has 0 aliphatic heterocycles. The van der Waals surface area contributed by atoms with E-state index in [1.807, 2.05) is 48.5 Å². The van der Waals surface area contributed by atoms with Crippen molar-refractivity contribution < 1.29 is 90.3 Å². The highest BCUT2D eigenvalue weighted by Crippen LogP contribution is 2.42. The van der Waals surface area contributed by atoms with Crippen LogP contribution in [-0.2, 0) is 60.4 Å². The van der Waals surface area contributed by atoms with Crippen LogP contribution in [0.25, 0.3) is 0 Å². The Labute approximate surface area is 685 Å². The molecule has 8 N–H and O–H groups in total. The topological polar surface area (TPSA) is 321 Å². The smallest absolute Gasteiger partial charge is 0.354 e. The fraction of sp³-hybridized carbons (Fsp3) is 0.368. The number of carboxylic acid groups (broad SMARTS) is 1. The zero-order valence-electron chi connectivity index (χ0n) is 66.9. The quantitative estimate of drug-likeness (QED) is 0.0136. The van der Waals surface area contributed by atoms with Gasteiger partial charge < -0.3 is 74.9 Å². The summed E-state index contributed by atoms with van der Waals surface area (Å²) >= 11 is 3.38. The second-order valence-corrected chi connectivity index (χ2v) is 29.1. The SMILES string of the molecule is BrCC1CC1.COc1ccc(CN(Cc2cccc(O)c2F)C(=O)c2cc(C3CC3)nn2C)c(OC)c1.COc1ccc(CN)c(OC)c1.COc1ccc(CNCc2cccc(O)c2F)c(OC)c1.Cn1nc(C2CC2)cc1C(=O)NCc1cccc(OCC2CC2)c1F.Cn1nc(C2CC2)cc1C(=O)O.O=Cc1cccc(O)c1F. The number of rotatable bonds is 28. The van der Waals surface area contributed by atoms with Gasteiger partial charge in [0, 0.05) is 129 Å². The van der Waals surface area contributed by atoms with Gasteiger partial charge in [-0.2, -0.15) is 15.3 Å². The number of aromatic hydroxyl groups is 3. The van der Waals surface area contributed by atoms with Crippen LogP contribution in [0, 0.1) is 35.1 Å². The van der Waals surface area contributed by atoms with Crippen molar-refractivity contribution >= 4 is 40.0 Å². The van der Waals surface area contributed by atoms with E-state index in [2.05, 4.69) is 41.9 Å². The molecule has 624 valence electrons. The number of nitrogens with zero attached hydrogens (tertiary/aromatic N) is 7. The first kappa shape index (κ1) is 89.3. The average Bonchev–Trinajstić information content (AvgIpc) is 1.66. The van der Waals surface area contributed by atoms with Gasteiger partial charge in [-0.25, -0.2) is 22.4 Å². The minimum Gasteiger partial charge on any atom is -0.505 e. The van der Waals surface area contributed by atoms with Crippen LogP contribution in [-0.4, -0.2) is 133 Å². The van der Waals surface area contributed by atoms with Gasteiger partial charge in [0.05, 0.1) is 78.5 Å². The minimum absolute atomic E-state index is 0.0296. The number of amides is 2. The lowest BCUT2D eigenvalue weighted by Crippen LogP contribution is -2.32. The van der Waals surface area contributed by atoms with Gasteiger partial charge in [0.1, 0.15) is 51.6 Å². The van der Waals surface area contributed by atoms with Crippen molar-refractivity contribution in [3.63, 3.8) is 0 Å². The zero-order valence-corrected chi connectivity index (χ0v) is 68.5. The van der Waals surface area contributed by atoms with Gasteiger partial charge in [0.25, 0.3) is 11.8 Å². The number of carboxylic acids is 1. The molecular weight excluding hydrogens is 1580 g/mol. The fourth-order valence-electron chi connectivity index (χ4n) is 11.8. The molecule has 10 aromatic rings. The van der Waals surface area contributed by atoms with Crippen LogP contribution in [0.4, 0.5) is 17.6 Å². The number of nitrogens with one attached hydrogen (secondary N) is 2. The van der Waals surface area contributed by atoms with E-state index >= 15 is 0 Å². The average molecular weight is 1680 g/mol. The molecule has 0 bridgehead atoms. The molecule has 117 heavy (non-hydrogen) atoms. The van der Waals surface area contributed by atoms with E-state index in [4.69, 9.17) is 49.1 Å². The summed E-state index contributed by atoms with van der Waals surface area (Å²) in [5.74, 6) is 2.14. The number of alkyl halides is 1. The molecule has 5 saturated carbocycles. The number of carbonyl (C=O) groups is 4. The fourth-order valence-corrected chi connectivity index (χ4v) is 12.4. The number of ether oxygens (including phenoxy) is 7. The molecular formula is C87H101BrF4N10O15. The second-order valence-electron chi connectivity index (χ2n) is 28.4. The molecule has 0 unspecified atom stereocenters. The first-order valence-corrected chi connectivity index (χ1v) is 39.3. The number of aromatic nitrogens is 6. The molecule has 0 spiro atoms. The summed E-state index contributed by atoms with van der Waals surface area (Å²) in [5, 5.41) is 56.7. The van der Waals surface area contributed by atoms with Crippen LogP contribution in [0.2, 0.25) is 0 Å². The molecule has 5 aliphatic carbocycles. The van der Waals surface area contributed by atoms with Crippen LogP contribution < -0.4 is 49.5 Å². The van der Waals surface area contributed by atoms with Gasteiger partial charge in [-0.15, -0.1) is 0 Å². The maximum atomic E-state index is 14.6. The van der Waals surface area contributed by atoms with Crippen molar-refractivity contribution in [3.05, 3.63) is 242 Å². The lowest BCUT2D eigenvalue weighted by molar-refractivity contribution is 0.0682. The number of nitrogens with two attached hydrogens (primary N) is 1. The Bertz CT molecular complexity index is 4980. The maximum absolute atomic E-state index is 14.6. The van der Waals surface area contributed by atoms with E-state index in [1.54, 1.807) is 140 Å². The number of methoxy groups -OCH3 is 6. The first-order chi connectivity index (χ1) is 56.4. The van der Waals surface area contributed by atoms with Gasteiger partial charge >= 0.3 is 5.97 Å². The first-order valence-electron chi connectivity index (χ1n) is 38.1. The molecule has 15 rings (SSSR count). The molecule has 5 aliphatic rings. The number of hydrogen-bond donors (Lipinski definition) is 7. The third-order valence-electron chi connectivity index (χ3n) is 19.5. The summed E-state index contributed by atoms with van der Waals surface area (Å²) in [5.41, 5.74) is 13.1. The van der Waals surface area contributed by atoms with Gasteiger partial charge in [-0.1, -0.05) is 70.5 Å². The minimum atomic E-state index is -0.906. The number of carbonyl (C=O) groups excluding carboxylic acids is 3. The summed E-state index contributed by atoms with van der Waals surface area (Å²) in [6, 6.07) is 39.7. The van der Waals surface area contributed by atoms with E-state index in [9.17, 15) is 47.0 Å². The number of halogens is 5. The van der Waals surface area contributed by atoms with Crippen LogP contribution in [0.5, 0.6) is 57.5 Å². The largest absolute Gasteiger partial charge is 0.505 e. The summed E-state index contributed by atoms with van der Waals surface area (Å²) in [7, 11) is 14.7. The Balaban J connectivity index is 0.000000165. The summed E-state index contributed by atoms with van der Waals surface area (Å²) in [6.07, 6.45) is 12.3. The second kappa shape index (κ2) is 43.4. The van der Waals surface area contributed by atoms with Crippen molar-refractivity contribution in [1.29, 1.82) is 0 Å². The number of phenols is 3. The number of aldehydes is 1. The molecule has 0 saturated heterocycles. The summed E-state index contributed by atoms with van der Waals surface area (Å²) < 4.78 is 96.7. The molecule has 5 fully saturated rings. The Morgan fingerprint density at radius 3 is 1.37 bits per heavy atom. The normalized spacial score (nSPS) is 13.5. The number of phenolic OH excluding ortho intramolecular Hbond substituents is 3. The van der Waals surface area contributed by atoms with Crippen molar-refractivity contribution in [3.8, 4) is 57.5 Å². The van der Waals surface area contributed by atoms with E-state index < -0.39 is 40.7 Å². The van der Waals surface area contributed by atoms with Gasteiger partial charge in [-0.05, 0) is 149 Å². The maximum Gasteiger partial charge on any atom is 0.354 e. The monoisotopic (exact) mass is 1680 g/mol. The summed E-state index contributed by atoms with van der Waals surface area (Å²) in [4.78, 5) is 48.1. The van der Waals surface area contributed by atoms with Gasteiger partial charge in [0.2, 0.25) is 0 Å². The van der Waals surface area contributed by atoms with Crippen LogP contribution in [0.15, 0.2) is 146 Å². The highest BCUT2D eigenvalue weighted by Gasteiger charge is 2.32. The predicted octanol–water partition coefficient (Wildman–Crippen LogP) is 15.3. The molecule has 2 amide bonds. The number of aryl methyl sites for hydroxylation is 3. The van der Waals surface area contributed by atoms with Crippen LogP contribution >= 0.6 is 15.9 Å². The van der Waals surface area contributed by atoms with Crippen molar-refractivity contribution in [2.24, 2.45) is 38.7 Å². The van der Waals surface area contributed by atoms with Gasteiger partial charge in [0.15, 0.2) is 52.6 Å². The van der Waals surface area contributed by atoms with E-state index in [-0.39, 0.29) is 59.8 Å². The predicted molar refractivity (Wildman–Crippen MR) is 435 cm³/mol. The van der Waals surface area contributed by atoms with Crippen LogP contribution in [0.1, 0.15) is 174 Å². The molecule has 0 atom stereocenters. The number of benzene rings is 7. The van der Waals surface area contributed by atoms with Gasteiger partial charge in [-0.3, -0.25) is 28.4 Å². The third kappa shape index (κ3) is 26.2. The Kier molecular flexibility index (Phi) is 33.1. The van der Waals surface area contributed by atoms with Crippen molar-refractivity contribution in [2.75, 3.05) is 54.6 Å². The highest BCUT2D eigenvalue weighted by molar-refractivity contribution is 9.09. The third-order valence-corrected chi connectivity index (χ3v) is 20.4. The van der Waals surface area contributed by atoms with E-state index in [0.29, 0.717) is 96.0 Å². The molecule has 3 aromatic heterocycles. The molecule has 30 heteroatoms. The Hall–Kier alpha value is -11.6. The number of hydrogen-bond acceptors (Lipinski definition) is 19. The van der Waals surface area contributed by atoms with E-state index in [0.717, 1.165) is 108 Å². The molecule has 0 radical (unpaired) electrons. The summed E-state index contributed by atoms with van der Waals surface area (Å²) in [6.45, 7) is 2.13. The Morgan fingerprint density at radius 2 is 0.906 bits per heavy atom. The number of aromatic carboxylic acids is 1. The van der Waals surface area contributed by atoms with Crippen molar-refractivity contribution in [1.82, 2.24) is 44.9 Å². The van der Waals surface area contributed by atoms with Crippen molar-refractivity contribution in [2.45, 2.75) is 121 Å². The van der Waals surface area contributed by atoms with Crippen LogP contribution in [0.3, 0.4) is 0 Å². The molecule has 7 aromatic carbocycles. The highest BCUT2D eigenvalue weighted by atomic mass is 79.9.